The first-order valence-corrected chi connectivity index (χ1v) is 7.39. The van der Waals surface area contributed by atoms with E-state index < -0.39 is 0 Å². The van der Waals surface area contributed by atoms with Gasteiger partial charge in [0.15, 0.2) is 5.78 Å². The molecule has 0 unspecified atom stereocenters. The number of carbonyl (C=O) groups excluding carboxylic acids is 1. The number of halogens is 1. The number of pyridine rings is 1. The molecule has 3 aromatic rings. The largest absolute Gasteiger partial charge is 0.320 e. The Morgan fingerprint density at radius 1 is 1.22 bits per heavy atom. The van der Waals surface area contributed by atoms with Crippen LogP contribution in [0.2, 0.25) is 0 Å². The number of rotatable bonds is 4. The first kappa shape index (κ1) is 15.0. The van der Waals surface area contributed by atoms with Gasteiger partial charge in [0.2, 0.25) is 0 Å². The van der Waals surface area contributed by atoms with Gasteiger partial charge in [-0.25, -0.2) is 4.39 Å². The van der Waals surface area contributed by atoms with E-state index in [1.807, 2.05) is 35.7 Å². The van der Waals surface area contributed by atoms with Gasteiger partial charge < -0.3 is 4.40 Å². The van der Waals surface area contributed by atoms with Crippen molar-refractivity contribution in [3.8, 4) is 6.07 Å². The Kier molecular flexibility index (Phi) is 3.94. The molecule has 1 aromatic carbocycles. The second-order valence-corrected chi connectivity index (χ2v) is 5.40. The number of nitriles is 1. The highest BCUT2D eigenvalue weighted by Crippen LogP contribution is 2.26. The van der Waals surface area contributed by atoms with Gasteiger partial charge in [-0.05, 0) is 48.9 Å². The zero-order valence-corrected chi connectivity index (χ0v) is 12.7. The van der Waals surface area contributed by atoms with Crippen LogP contribution in [0.5, 0.6) is 0 Å². The molecule has 0 aliphatic rings. The van der Waals surface area contributed by atoms with Gasteiger partial charge in [0.25, 0.3) is 0 Å². The molecular weight excluding hydrogens is 291 g/mol. The van der Waals surface area contributed by atoms with Crippen molar-refractivity contribution in [1.82, 2.24) is 4.40 Å². The molecule has 3 nitrogen and oxygen atoms in total. The summed E-state index contributed by atoms with van der Waals surface area (Å²) in [6, 6.07) is 13.4. The summed E-state index contributed by atoms with van der Waals surface area (Å²) in [5.74, 6) is -0.496. The number of fused-ring (bicyclic) bond motifs is 1. The minimum Gasteiger partial charge on any atom is -0.320 e. The van der Waals surface area contributed by atoms with Crippen molar-refractivity contribution < 1.29 is 9.18 Å². The Bertz CT molecular complexity index is 917. The van der Waals surface area contributed by atoms with Crippen LogP contribution in [0.25, 0.3) is 5.52 Å². The lowest BCUT2D eigenvalue weighted by atomic mass is 9.99. The summed E-state index contributed by atoms with van der Waals surface area (Å²) in [6.07, 6.45) is 2.88. The standard InChI is InChI=1S/C19H15FN2O/c1-13-16(6-4-11-21)22-12-3-2-5-17(22)18(13)19(23)14-7-9-15(20)10-8-14/h2-3,5,7-10,12H,4,6H2,1H3. The summed E-state index contributed by atoms with van der Waals surface area (Å²) in [6.45, 7) is 1.90. The molecule has 23 heavy (non-hydrogen) atoms. The van der Waals surface area contributed by atoms with Crippen molar-refractivity contribution in [3.63, 3.8) is 0 Å². The fourth-order valence-corrected chi connectivity index (χ4v) is 2.91. The predicted molar refractivity (Wildman–Crippen MR) is 85.9 cm³/mol. The molecule has 2 aromatic heterocycles. The molecule has 0 atom stereocenters. The third-order valence-corrected chi connectivity index (χ3v) is 4.02. The number of aromatic nitrogens is 1. The molecular formula is C19H15FN2O. The van der Waals surface area contributed by atoms with Gasteiger partial charge in [0, 0.05) is 30.3 Å². The molecule has 3 rings (SSSR count). The fraction of sp³-hybridized carbons (Fsp3) is 0.158. The minimum absolute atomic E-state index is 0.130. The third kappa shape index (κ3) is 2.62. The van der Waals surface area contributed by atoms with Crippen molar-refractivity contribution in [1.29, 1.82) is 5.26 Å². The maximum absolute atomic E-state index is 13.1. The summed E-state index contributed by atoms with van der Waals surface area (Å²) in [5.41, 5.74) is 3.73. The van der Waals surface area contributed by atoms with E-state index in [0.717, 1.165) is 16.8 Å². The molecule has 0 aliphatic carbocycles. The van der Waals surface area contributed by atoms with Crippen molar-refractivity contribution in [2.24, 2.45) is 0 Å². The molecule has 0 N–H and O–H groups in total. The topological polar surface area (TPSA) is 45.3 Å². The van der Waals surface area contributed by atoms with Gasteiger partial charge in [0.1, 0.15) is 5.82 Å². The first-order chi connectivity index (χ1) is 11.1. The smallest absolute Gasteiger partial charge is 0.195 e. The molecule has 0 bridgehead atoms. The number of hydrogen-bond acceptors (Lipinski definition) is 2. The third-order valence-electron chi connectivity index (χ3n) is 4.02. The Balaban J connectivity index is 2.17. The molecule has 4 heteroatoms. The SMILES string of the molecule is Cc1c(C(=O)c2ccc(F)cc2)c2ccccn2c1CCC#N. The lowest BCUT2D eigenvalue weighted by molar-refractivity contribution is 0.104. The summed E-state index contributed by atoms with van der Waals surface area (Å²) in [4.78, 5) is 12.9. The van der Waals surface area contributed by atoms with E-state index in [1.54, 1.807) is 0 Å². The number of hydrogen-bond donors (Lipinski definition) is 0. The predicted octanol–water partition coefficient (Wildman–Crippen LogP) is 4.07. The van der Waals surface area contributed by atoms with Gasteiger partial charge in [0.05, 0.1) is 17.1 Å². The van der Waals surface area contributed by atoms with Crippen molar-refractivity contribution in [3.05, 3.63) is 76.9 Å². The average Bonchev–Trinajstić information content (AvgIpc) is 2.84. The number of benzene rings is 1. The number of aryl methyl sites for hydroxylation is 1. The van der Waals surface area contributed by atoms with Crippen molar-refractivity contribution in [2.45, 2.75) is 19.8 Å². The first-order valence-electron chi connectivity index (χ1n) is 7.39. The van der Waals surface area contributed by atoms with Crippen LogP contribution >= 0.6 is 0 Å². The van der Waals surface area contributed by atoms with Gasteiger partial charge in [-0.2, -0.15) is 5.26 Å². The summed E-state index contributed by atoms with van der Waals surface area (Å²) < 4.78 is 15.0. The van der Waals surface area contributed by atoms with Crippen LogP contribution in [0.4, 0.5) is 4.39 Å². The molecule has 0 spiro atoms. The highest BCUT2D eigenvalue weighted by atomic mass is 19.1. The minimum atomic E-state index is -0.366. The van der Waals surface area contributed by atoms with Gasteiger partial charge in [-0.15, -0.1) is 0 Å². The van der Waals surface area contributed by atoms with E-state index in [1.165, 1.54) is 24.3 Å². The van der Waals surface area contributed by atoms with Crippen LogP contribution in [0.15, 0.2) is 48.7 Å². The fourth-order valence-electron chi connectivity index (χ4n) is 2.91. The van der Waals surface area contributed by atoms with E-state index in [4.69, 9.17) is 5.26 Å². The number of carbonyl (C=O) groups is 1. The molecule has 2 heterocycles. The van der Waals surface area contributed by atoms with E-state index >= 15 is 0 Å². The average molecular weight is 306 g/mol. The van der Waals surface area contributed by atoms with E-state index in [0.29, 0.717) is 24.0 Å². The Labute approximate surface area is 133 Å². The summed E-state index contributed by atoms with van der Waals surface area (Å²) >= 11 is 0. The lowest BCUT2D eigenvalue weighted by Crippen LogP contribution is -2.02. The molecule has 0 fully saturated rings. The van der Waals surface area contributed by atoms with Crippen LogP contribution in [0.3, 0.4) is 0 Å². The second-order valence-electron chi connectivity index (χ2n) is 5.40. The number of nitrogens with zero attached hydrogens (tertiary/aromatic N) is 2. The molecule has 0 aliphatic heterocycles. The van der Waals surface area contributed by atoms with Crippen LogP contribution in [0.1, 0.15) is 33.6 Å². The van der Waals surface area contributed by atoms with Crippen LogP contribution in [0, 0.1) is 24.1 Å². The summed E-state index contributed by atoms with van der Waals surface area (Å²) in [5, 5.41) is 8.85. The van der Waals surface area contributed by atoms with Gasteiger partial charge >= 0.3 is 0 Å². The highest BCUT2D eigenvalue weighted by Gasteiger charge is 2.21. The van der Waals surface area contributed by atoms with Crippen molar-refractivity contribution in [2.75, 3.05) is 0 Å². The van der Waals surface area contributed by atoms with Crippen LogP contribution in [-0.4, -0.2) is 10.2 Å². The monoisotopic (exact) mass is 306 g/mol. The quantitative estimate of drug-likeness (QED) is 0.682. The lowest BCUT2D eigenvalue weighted by Gasteiger charge is -2.02. The number of ketones is 1. The zero-order chi connectivity index (χ0) is 16.4. The van der Waals surface area contributed by atoms with E-state index in [-0.39, 0.29) is 11.6 Å². The highest BCUT2D eigenvalue weighted by molar-refractivity contribution is 6.14. The Morgan fingerprint density at radius 2 is 1.96 bits per heavy atom. The molecule has 0 amide bonds. The van der Waals surface area contributed by atoms with E-state index in [9.17, 15) is 9.18 Å². The van der Waals surface area contributed by atoms with Crippen molar-refractivity contribution >= 4 is 11.3 Å². The molecule has 114 valence electrons. The molecule has 0 saturated heterocycles. The summed E-state index contributed by atoms with van der Waals surface area (Å²) in [7, 11) is 0. The van der Waals surface area contributed by atoms with Crippen LogP contribution < -0.4 is 0 Å². The van der Waals surface area contributed by atoms with Gasteiger partial charge in [-0.1, -0.05) is 6.07 Å². The second kappa shape index (κ2) is 6.05. The van der Waals surface area contributed by atoms with Crippen LogP contribution in [-0.2, 0) is 6.42 Å². The van der Waals surface area contributed by atoms with E-state index in [2.05, 4.69) is 6.07 Å². The maximum atomic E-state index is 13.1. The Morgan fingerprint density at radius 3 is 2.65 bits per heavy atom. The van der Waals surface area contributed by atoms with Gasteiger partial charge in [-0.3, -0.25) is 4.79 Å². The maximum Gasteiger partial charge on any atom is 0.195 e. The zero-order valence-electron chi connectivity index (χ0n) is 12.7. The Hall–Kier alpha value is -2.93. The molecule has 0 saturated carbocycles. The normalized spacial score (nSPS) is 10.7. The molecule has 0 radical (unpaired) electrons.